The van der Waals surface area contributed by atoms with Crippen LogP contribution in [0, 0.1) is 6.92 Å². The number of benzene rings is 2. The number of para-hydroxylation sites is 1. The third-order valence-corrected chi connectivity index (χ3v) is 4.99. The van der Waals surface area contributed by atoms with Crippen LogP contribution in [0.25, 0.3) is 0 Å². The lowest BCUT2D eigenvalue weighted by molar-refractivity contribution is -0.123. The molecule has 0 aliphatic carbocycles. The summed E-state index contributed by atoms with van der Waals surface area (Å²) in [6.45, 7) is 1.96. The molecule has 1 atom stereocenters. The molecule has 3 rings (SSSR count). The average Bonchev–Trinajstić information content (AvgIpc) is 3.14. The molecule has 0 saturated heterocycles. The molecule has 0 aliphatic heterocycles. The van der Waals surface area contributed by atoms with Gasteiger partial charge >= 0.3 is 0 Å². The number of hydrogen-bond donors (Lipinski definition) is 1. The van der Waals surface area contributed by atoms with E-state index in [0.29, 0.717) is 10.8 Å². The Morgan fingerprint density at radius 2 is 1.88 bits per heavy atom. The molecule has 0 aliphatic rings. The Labute approximate surface area is 156 Å². The zero-order chi connectivity index (χ0) is 17.6. The van der Waals surface area contributed by atoms with Crippen LogP contribution in [0.2, 0.25) is 5.02 Å². The summed E-state index contributed by atoms with van der Waals surface area (Å²) in [5.41, 5.74) is 2.22. The van der Waals surface area contributed by atoms with E-state index in [0.717, 1.165) is 10.4 Å². The van der Waals surface area contributed by atoms with Gasteiger partial charge in [0.2, 0.25) is 0 Å². The second-order valence-corrected chi connectivity index (χ2v) is 7.03. The Morgan fingerprint density at radius 3 is 2.56 bits per heavy atom. The smallest absolute Gasteiger partial charge is 0.258 e. The highest BCUT2D eigenvalue weighted by atomic mass is 35.5. The van der Waals surface area contributed by atoms with E-state index in [2.05, 4.69) is 5.32 Å². The summed E-state index contributed by atoms with van der Waals surface area (Å²) in [5, 5.41) is 5.54. The van der Waals surface area contributed by atoms with E-state index < -0.39 is 0 Å². The standard InChI is InChI=1S/C20H18ClNO2S/c1-14-8-10-15(11-9-14)20(18-7-4-12-25-18)22-19(23)13-24-17-6-3-2-5-16(17)21/h2-12,20H,13H2,1H3,(H,22,23)/t20-/m1/s1. The summed E-state index contributed by atoms with van der Waals surface area (Å²) in [4.78, 5) is 13.5. The molecule has 0 fully saturated rings. The van der Waals surface area contributed by atoms with Gasteiger partial charge in [-0.05, 0) is 36.1 Å². The predicted molar refractivity (Wildman–Crippen MR) is 102 cm³/mol. The fraction of sp³-hybridized carbons (Fsp3) is 0.150. The summed E-state index contributed by atoms with van der Waals surface area (Å²) < 4.78 is 5.53. The highest BCUT2D eigenvalue weighted by Gasteiger charge is 2.18. The summed E-state index contributed by atoms with van der Waals surface area (Å²) in [6.07, 6.45) is 0. The molecule has 1 aromatic heterocycles. The Balaban J connectivity index is 1.71. The van der Waals surface area contributed by atoms with Crippen molar-refractivity contribution in [2.75, 3.05) is 6.61 Å². The number of aryl methyl sites for hydroxylation is 1. The van der Waals surface area contributed by atoms with Crippen molar-refractivity contribution in [3.63, 3.8) is 0 Å². The van der Waals surface area contributed by atoms with E-state index in [1.807, 2.05) is 60.8 Å². The van der Waals surface area contributed by atoms with Gasteiger partial charge < -0.3 is 10.1 Å². The summed E-state index contributed by atoms with van der Waals surface area (Å²) in [6, 6.07) is 19.1. The van der Waals surface area contributed by atoms with Crippen LogP contribution in [-0.2, 0) is 4.79 Å². The number of rotatable bonds is 6. The number of amides is 1. The van der Waals surface area contributed by atoms with Crippen molar-refractivity contribution in [1.29, 1.82) is 0 Å². The molecular weight excluding hydrogens is 354 g/mol. The van der Waals surface area contributed by atoms with Crippen molar-refractivity contribution in [2.45, 2.75) is 13.0 Å². The van der Waals surface area contributed by atoms with Crippen LogP contribution in [0.5, 0.6) is 5.75 Å². The minimum absolute atomic E-state index is 0.0858. The minimum atomic E-state index is -0.195. The molecule has 0 saturated carbocycles. The lowest BCUT2D eigenvalue weighted by atomic mass is 10.0. The SMILES string of the molecule is Cc1ccc([C@@H](NC(=O)COc2ccccc2Cl)c2cccs2)cc1. The van der Waals surface area contributed by atoms with Gasteiger partial charge in [-0.2, -0.15) is 0 Å². The first-order chi connectivity index (χ1) is 12.1. The van der Waals surface area contributed by atoms with E-state index >= 15 is 0 Å². The number of halogens is 1. The Morgan fingerprint density at radius 1 is 1.12 bits per heavy atom. The van der Waals surface area contributed by atoms with E-state index in [4.69, 9.17) is 16.3 Å². The van der Waals surface area contributed by atoms with E-state index in [1.165, 1.54) is 5.56 Å². The molecule has 0 bridgehead atoms. The molecule has 1 N–H and O–H groups in total. The van der Waals surface area contributed by atoms with Crippen molar-refractivity contribution in [2.24, 2.45) is 0 Å². The molecule has 5 heteroatoms. The van der Waals surface area contributed by atoms with E-state index in [9.17, 15) is 4.79 Å². The highest BCUT2D eigenvalue weighted by molar-refractivity contribution is 7.10. The predicted octanol–water partition coefficient (Wildman–Crippen LogP) is 4.99. The summed E-state index contributed by atoms with van der Waals surface area (Å²) in [5.74, 6) is 0.307. The van der Waals surface area contributed by atoms with Gasteiger partial charge in [0, 0.05) is 4.88 Å². The molecule has 1 amide bonds. The number of carbonyl (C=O) groups is 1. The van der Waals surface area contributed by atoms with Crippen LogP contribution >= 0.6 is 22.9 Å². The molecular formula is C20H18ClNO2S. The van der Waals surface area contributed by atoms with Crippen molar-refractivity contribution in [3.8, 4) is 5.75 Å². The van der Waals surface area contributed by atoms with Gasteiger partial charge in [0.25, 0.3) is 5.91 Å². The second kappa shape index (κ2) is 8.19. The third-order valence-electron chi connectivity index (χ3n) is 3.74. The fourth-order valence-corrected chi connectivity index (χ4v) is 3.43. The van der Waals surface area contributed by atoms with Gasteiger partial charge in [0.15, 0.2) is 6.61 Å². The Kier molecular flexibility index (Phi) is 5.74. The van der Waals surface area contributed by atoms with Gasteiger partial charge in [-0.3, -0.25) is 4.79 Å². The van der Waals surface area contributed by atoms with Crippen molar-refractivity contribution < 1.29 is 9.53 Å². The zero-order valence-corrected chi connectivity index (χ0v) is 15.3. The monoisotopic (exact) mass is 371 g/mol. The molecule has 0 radical (unpaired) electrons. The molecule has 3 nitrogen and oxygen atoms in total. The van der Waals surface area contributed by atoms with Crippen LogP contribution < -0.4 is 10.1 Å². The maximum atomic E-state index is 12.4. The van der Waals surface area contributed by atoms with E-state index in [1.54, 1.807) is 23.5 Å². The quantitative estimate of drug-likeness (QED) is 0.662. The van der Waals surface area contributed by atoms with Gasteiger partial charge in [-0.15, -0.1) is 11.3 Å². The number of nitrogens with one attached hydrogen (secondary N) is 1. The van der Waals surface area contributed by atoms with Crippen LogP contribution in [0.3, 0.4) is 0 Å². The maximum Gasteiger partial charge on any atom is 0.258 e. The molecule has 2 aromatic carbocycles. The van der Waals surface area contributed by atoms with Crippen LogP contribution in [0.15, 0.2) is 66.0 Å². The number of hydrogen-bond acceptors (Lipinski definition) is 3. The first-order valence-electron chi connectivity index (χ1n) is 7.90. The Hall–Kier alpha value is -2.30. The lowest BCUT2D eigenvalue weighted by Crippen LogP contribution is -2.32. The van der Waals surface area contributed by atoms with Crippen LogP contribution in [0.1, 0.15) is 22.0 Å². The largest absolute Gasteiger partial charge is 0.482 e. The first kappa shape index (κ1) is 17.5. The van der Waals surface area contributed by atoms with Crippen molar-refractivity contribution >= 4 is 28.8 Å². The molecule has 1 heterocycles. The fourth-order valence-electron chi connectivity index (χ4n) is 2.44. The molecule has 25 heavy (non-hydrogen) atoms. The third kappa shape index (κ3) is 4.62. The van der Waals surface area contributed by atoms with Crippen LogP contribution in [0.4, 0.5) is 0 Å². The second-order valence-electron chi connectivity index (χ2n) is 5.65. The minimum Gasteiger partial charge on any atom is -0.482 e. The average molecular weight is 372 g/mol. The topological polar surface area (TPSA) is 38.3 Å². The van der Waals surface area contributed by atoms with Crippen LogP contribution in [-0.4, -0.2) is 12.5 Å². The lowest BCUT2D eigenvalue weighted by Gasteiger charge is -2.18. The first-order valence-corrected chi connectivity index (χ1v) is 9.16. The molecule has 0 spiro atoms. The zero-order valence-electron chi connectivity index (χ0n) is 13.7. The van der Waals surface area contributed by atoms with E-state index in [-0.39, 0.29) is 18.6 Å². The van der Waals surface area contributed by atoms with Gasteiger partial charge in [-0.1, -0.05) is 59.6 Å². The molecule has 0 unspecified atom stereocenters. The number of carbonyl (C=O) groups excluding carboxylic acids is 1. The van der Waals surface area contributed by atoms with Crippen molar-refractivity contribution in [3.05, 3.63) is 87.1 Å². The van der Waals surface area contributed by atoms with Gasteiger partial charge in [0.05, 0.1) is 11.1 Å². The summed E-state index contributed by atoms with van der Waals surface area (Å²) in [7, 11) is 0. The van der Waals surface area contributed by atoms with Gasteiger partial charge in [0.1, 0.15) is 5.75 Å². The number of ether oxygens (including phenoxy) is 1. The molecule has 128 valence electrons. The van der Waals surface area contributed by atoms with Gasteiger partial charge in [-0.25, -0.2) is 0 Å². The maximum absolute atomic E-state index is 12.4. The summed E-state index contributed by atoms with van der Waals surface area (Å²) >= 11 is 7.66. The number of thiophene rings is 1. The molecule has 3 aromatic rings. The normalized spacial score (nSPS) is 11.8. The van der Waals surface area contributed by atoms with Crippen molar-refractivity contribution in [1.82, 2.24) is 5.32 Å². The highest BCUT2D eigenvalue weighted by Crippen LogP contribution is 2.27. The Bertz CT molecular complexity index is 831.